The second-order valence-electron chi connectivity index (χ2n) is 11.8. The minimum Gasteiger partial charge on any atom is -0.390 e. The second kappa shape index (κ2) is 7.43. The third-order valence-electron chi connectivity index (χ3n) is 10.0. The van der Waals surface area contributed by atoms with Crippen molar-refractivity contribution in [2.24, 2.45) is 40.9 Å². The Kier molecular flexibility index (Phi) is 5.19. The number of halogens is 2. The highest BCUT2D eigenvalue weighted by molar-refractivity contribution is 5.36. The first-order valence-electron chi connectivity index (χ1n) is 12.4. The Hall–Kier alpha value is -1.17. The van der Waals surface area contributed by atoms with Crippen LogP contribution in [0, 0.1) is 40.9 Å². The number of nitrogens with one attached hydrogen (secondary N) is 1. The van der Waals surface area contributed by atoms with E-state index in [1.54, 1.807) is 19.4 Å². The smallest absolute Gasteiger partial charge is 0.270 e. The summed E-state index contributed by atoms with van der Waals surface area (Å²) >= 11 is 0. The van der Waals surface area contributed by atoms with E-state index in [-0.39, 0.29) is 12.0 Å². The lowest BCUT2D eigenvalue weighted by molar-refractivity contribution is -0.148. The average Bonchev–Trinajstić information content (AvgIpc) is 3.30. The number of anilines is 1. The highest BCUT2D eigenvalue weighted by Gasteiger charge is 2.62. The Balaban J connectivity index is 1.33. The number of aliphatic hydroxyl groups is 1. The molecule has 0 aromatic carbocycles. The molecule has 1 aromatic heterocycles. The summed E-state index contributed by atoms with van der Waals surface area (Å²) in [6.45, 7) is 3.85. The Bertz CT molecular complexity index is 808. The van der Waals surface area contributed by atoms with Crippen molar-refractivity contribution < 1.29 is 13.9 Å². The van der Waals surface area contributed by atoms with E-state index in [4.69, 9.17) is 0 Å². The molecule has 5 rings (SSSR count). The molecule has 0 aliphatic heterocycles. The molecule has 4 fully saturated rings. The zero-order valence-corrected chi connectivity index (χ0v) is 19.3. The van der Waals surface area contributed by atoms with Gasteiger partial charge in [0.15, 0.2) is 0 Å². The van der Waals surface area contributed by atoms with Gasteiger partial charge in [-0.1, -0.05) is 6.92 Å². The predicted octanol–water partition coefficient (Wildman–Crippen LogP) is 5.58. The summed E-state index contributed by atoms with van der Waals surface area (Å²) in [4.78, 5) is 0. The third kappa shape index (κ3) is 3.61. The summed E-state index contributed by atoms with van der Waals surface area (Å²) < 4.78 is 32.6. The van der Waals surface area contributed by atoms with Gasteiger partial charge in [0, 0.05) is 19.2 Å². The van der Waals surface area contributed by atoms with E-state index in [0.29, 0.717) is 36.0 Å². The maximum Gasteiger partial charge on any atom is 0.270 e. The van der Waals surface area contributed by atoms with Gasteiger partial charge in [0.2, 0.25) is 0 Å². The standard InChI is InChI=1S/C25H39F2N3O/c1-23(31)10-8-18-16(12-23)4-5-20-19(18)9-11-24(2)21(20)6-7-22(24)25(26,27)15-30-14-17(28-3)13-29-30/h13-14,16,18-22,28,31H,4-12,15H2,1-3H3/t16-,18+,19-,20-,21+,22+,23-,24+/m1/s1. The Morgan fingerprint density at radius 3 is 2.61 bits per heavy atom. The van der Waals surface area contributed by atoms with Crippen LogP contribution in [0.1, 0.15) is 71.6 Å². The van der Waals surface area contributed by atoms with Crippen LogP contribution < -0.4 is 5.32 Å². The van der Waals surface area contributed by atoms with Crippen molar-refractivity contribution in [2.45, 2.75) is 89.7 Å². The molecule has 0 spiro atoms. The lowest BCUT2D eigenvalue weighted by Crippen LogP contribution is -2.52. The largest absolute Gasteiger partial charge is 0.390 e. The molecule has 8 atom stereocenters. The van der Waals surface area contributed by atoms with Gasteiger partial charge in [-0.3, -0.25) is 4.68 Å². The number of aromatic nitrogens is 2. The highest BCUT2D eigenvalue weighted by Crippen LogP contribution is 2.66. The Morgan fingerprint density at radius 1 is 1.10 bits per heavy atom. The minimum atomic E-state index is -2.74. The number of hydrogen-bond donors (Lipinski definition) is 2. The molecule has 0 amide bonds. The molecular formula is C25H39F2N3O. The van der Waals surface area contributed by atoms with Gasteiger partial charge in [-0.25, -0.2) is 8.78 Å². The Morgan fingerprint density at radius 2 is 1.87 bits per heavy atom. The normalized spacial score (nSPS) is 45.0. The zero-order chi connectivity index (χ0) is 22.0. The molecule has 174 valence electrons. The maximum absolute atomic E-state index is 15.6. The molecule has 1 heterocycles. The van der Waals surface area contributed by atoms with E-state index in [9.17, 15) is 5.11 Å². The molecule has 0 saturated heterocycles. The molecule has 31 heavy (non-hydrogen) atoms. The lowest BCUT2D eigenvalue weighted by atomic mass is 9.49. The topological polar surface area (TPSA) is 50.1 Å². The average molecular weight is 436 g/mol. The fourth-order valence-corrected chi connectivity index (χ4v) is 8.68. The molecular weight excluding hydrogens is 396 g/mol. The quantitative estimate of drug-likeness (QED) is 0.649. The summed E-state index contributed by atoms with van der Waals surface area (Å²) in [5, 5.41) is 17.7. The molecule has 0 unspecified atom stereocenters. The Labute approximate surface area is 185 Å². The SMILES string of the molecule is CNc1cnn(CC(F)(F)[C@H]2CC[C@H]3[C@@H]4CC[C@@H]5C[C@](C)(O)CC[C@@H]5[C@H]4CC[C@]23C)c1. The van der Waals surface area contributed by atoms with Crippen LogP contribution in [0.2, 0.25) is 0 Å². The van der Waals surface area contributed by atoms with Crippen LogP contribution in [0.25, 0.3) is 0 Å². The number of nitrogens with zero attached hydrogens (tertiary/aromatic N) is 2. The van der Waals surface area contributed by atoms with Gasteiger partial charge in [0.05, 0.1) is 17.5 Å². The number of fused-ring (bicyclic) bond motifs is 5. The lowest BCUT2D eigenvalue weighted by Gasteiger charge is -2.57. The fraction of sp³-hybridized carbons (Fsp3) is 0.880. The molecule has 4 saturated carbocycles. The molecule has 4 nitrogen and oxygen atoms in total. The number of hydrogen-bond acceptors (Lipinski definition) is 3. The van der Waals surface area contributed by atoms with Crippen LogP contribution in [0.3, 0.4) is 0 Å². The van der Waals surface area contributed by atoms with Gasteiger partial charge in [0.1, 0.15) is 6.54 Å². The van der Waals surface area contributed by atoms with Gasteiger partial charge >= 0.3 is 0 Å². The van der Waals surface area contributed by atoms with E-state index in [2.05, 4.69) is 17.3 Å². The van der Waals surface area contributed by atoms with Crippen LogP contribution in [0.4, 0.5) is 14.5 Å². The summed E-state index contributed by atoms with van der Waals surface area (Å²) in [5.41, 5.74) is 0.00335. The van der Waals surface area contributed by atoms with Crippen molar-refractivity contribution in [3.05, 3.63) is 12.4 Å². The van der Waals surface area contributed by atoms with Crippen LogP contribution in [0.5, 0.6) is 0 Å². The van der Waals surface area contributed by atoms with Crippen LogP contribution >= 0.6 is 0 Å². The molecule has 0 bridgehead atoms. The summed E-state index contributed by atoms with van der Waals surface area (Å²) in [7, 11) is 1.78. The fourth-order valence-electron chi connectivity index (χ4n) is 8.68. The van der Waals surface area contributed by atoms with E-state index in [1.165, 1.54) is 17.5 Å². The van der Waals surface area contributed by atoms with Crippen LogP contribution in [-0.2, 0) is 6.54 Å². The van der Waals surface area contributed by atoms with Crippen molar-refractivity contribution in [1.29, 1.82) is 0 Å². The molecule has 6 heteroatoms. The molecule has 4 aliphatic carbocycles. The highest BCUT2D eigenvalue weighted by atomic mass is 19.3. The molecule has 0 radical (unpaired) electrons. The van der Waals surface area contributed by atoms with Crippen molar-refractivity contribution >= 4 is 5.69 Å². The molecule has 1 aromatic rings. The van der Waals surface area contributed by atoms with Crippen LogP contribution in [-0.4, -0.2) is 33.5 Å². The van der Waals surface area contributed by atoms with Crippen molar-refractivity contribution in [3.63, 3.8) is 0 Å². The van der Waals surface area contributed by atoms with Gasteiger partial charge in [0.25, 0.3) is 5.92 Å². The number of rotatable bonds is 4. The van der Waals surface area contributed by atoms with Gasteiger partial charge in [-0.2, -0.15) is 5.10 Å². The minimum absolute atomic E-state index is 0.267. The van der Waals surface area contributed by atoms with Gasteiger partial charge in [-0.15, -0.1) is 0 Å². The van der Waals surface area contributed by atoms with Crippen molar-refractivity contribution in [2.75, 3.05) is 12.4 Å². The van der Waals surface area contributed by atoms with E-state index in [1.807, 2.05) is 6.92 Å². The van der Waals surface area contributed by atoms with Crippen molar-refractivity contribution in [3.8, 4) is 0 Å². The summed E-state index contributed by atoms with van der Waals surface area (Å²) in [5.74, 6) is -0.252. The van der Waals surface area contributed by atoms with E-state index >= 15 is 8.78 Å². The monoisotopic (exact) mass is 435 g/mol. The second-order valence-corrected chi connectivity index (χ2v) is 11.8. The van der Waals surface area contributed by atoms with E-state index < -0.39 is 17.4 Å². The predicted molar refractivity (Wildman–Crippen MR) is 118 cm³/mol. The number of alkyl halides is 2. The van der Waals surface area contributed by atoms with Crippen LogP contribution in [0.15, 0.2) is 12.4 Å². The third-order valence-corrected chi connectivity index (χ3v) is 10.0. The molecule has 4 aliphatic rings. The van der Waals surface area contributed by atoms with Gasteiger partial charge < -0.3 is 10.4 Å². The first-order valence-corrected chi connectivity index (χ1v) is 12.4. The van der Waals surface area contributed by atoms with Crippen molar-refractivity contribution in [1.82, 2.24) is 9.78 Å². The summed E-state index contributed by atoms with van der Waals surface area (Å²) in [6.07, 6.45) is 12.2. The molecule has 2 N–H and O–H groups in total. The zero-order valence-electron chi connectivity index (χ0n) is 19.3. The first kappa shape index (κ1) is 21.7. The van der Waals surface area contributed by atoms with Gasteiger partial charge in [-0.05, 0) is 99.7 Å². The maximum atomic E-state index is 15.6. The summed E-state index contributed by atoms with van der Waals surface area (Å²) in [6, 6.07) is 0. The first-order chi connectivity index (χ1) is 14.6. The van der Waals surface area contributed by atoms with E-state index in [0.717, 1.165) is 44.2 Å².